The van der Waals surface area contributed by atoms with Gasteiger partial charge in [0.25, 0.3) is 0 Å². The molecule has 0 amide bonds. The molecule has 0 aromatic heterocycles. The van der Waals surface area contributed by atoms with E-state index in [1.165, 1.54) is 11.8 Å². The van der Waals surface area contributed by atoms with Crippen LogP contribution in [0.4, 0.5) is 0 Å². The molecular weight excluding hydrogens is 128 g/mol. The number of rotatable bonds is 2. The maximum atomic E-state index is 7.08. The molecule has 0 aliphatic heterocycles. The first-order chi connectivity index (χ1) is 4.79. The minimum atomic E-state index is 0.381. The Kier molecular flexibility index (Phi) is 1.91. The van der Waals surface area contributed by atoms with E-state index in [1.807, 2.05) is 30.3 Å². The summed E-state index contributed by atoms with van der Waals surface area (Å²) in [5, 5.41) is 0.381. The molecule has 0 nitrogen and oxygen atoms in total. The lowest BCUT2D eigenvalue weighted by atomic mass is 10.4. The highest BCUT2D eigenvalue weighted by Crippen LogP contribution is 2.16. The quantitative estimate of drug-likeness (QED) is 0.565. The van der Waals surface area contributed by atoms with E-state index >= 15 is 0 Å². The van der Waals surface area contributed by atoms with Gasteiger partial charge in [-0.15, -0.1) is 0 Å². The molecule has 0 aliphatic rings. The summed E-state index contributed by atoms with van der Waals surface area (Å²) in [5.74, 6) is 0. The molecule has 0 bridgehead atoms. The maximum absolute atomic E-state index is 7.08. The van der Waals surface area contributed by atoms with Crippen molar-refractivity contribution < 1.29 is 1.37 Å². The molecule has 1 aromatic rings. The molecule has 1 rings (SSSR count). The van der Waals surface area contributed by atoms with Crippen LogP contribution in [0.15, 0.2) is 47.2 Å². The van der Waals surface area contributed by atoms with Crippen LogP contribution < -0.4 is 0 Å². The average Bonchev–Trinajstić information content (AvgIpc) is 1.88. The van der Waals surface area contributed by atoms with E-state index in [9.17, 15) is 0 Å². The molecular formula is C8H8S. The van der Waals surface area contributed by atoms with Crippen molar-refractivity contribution in [1.29, 1.82) is 0 Å². The maximum Gasteiger partial charge on any atom is 0.0694 e. The Morgan fingerprint density at radius 2 is 2.11 bits per heavy atom. The van der Waals surface area contributed by atoms with Gasteiger partial charge in [-0.05, 0) is 17.5 Å². The second kappa shape index (κ2) is 3.36. The Bertz CT molecular complexity index is 218. The van der Waals surface area contributed by atoms with Crippen molar-refractivity contribution in [3.63, 3.8) is 0 Å². The highest BCUT2D eigenvalue weighted by molar-refractivity contribution is 8.02. The van der Waals surface area contributed by atoms with Gasteiger partial charge in [-0.25, -0.2) is 0 Å². The first-order valence-electron chi connectivity index (χ1n) is 3.17. The summed E-state index contributed by atoms with van der Waals surface area (Å²) in [4.78, 5) is 1.07. The van der Waals surface area contributed by atoms with Gasteiger partial charge in [-0.3, -0.25) is 0 Å². The molecule has 0 spiro atoms. The van der Waals surface area contributed by atoms with Crippen LogP contribution in [0.2, 0.25) is 0 Å². The summed E-state index contributed by atoms with van der Waals surface area (Å²) in [6.45, 7) is 3.48. The number of thioether (sulfide) groups is 1. The molecule has 0 fully saturated rings. The van der Waals surface area contributed by atoms with Gasteiger partial charge in [0.05, 0.1) is 1.37 Å². The summed E-state index contributed by atoms with van der Waals surface area (Å²) >= 11 is 1.37. The van der Waals surface area contributed by atoms with Gasteiger partial charge < -0.3 is 0 Å². The van der Waals surface area contributed by atoms with Crippen LogP contribution in [0.3, 0.4) is 0 Å². The van der Waals surface area contributed by atoms with Crippen LogP contribution in [0, 0.1) is 0 Å². The molecule has 0 heterocycles. The van der Waals surface area contributed by atoms with Crippen molar-refractivity contribution in [2.75, 3.05) is 0 Å². The summed E-state index contributed by atoms with van der Waals surface area (Å²) in [5.41, 5.74) is 0. The van der Waals surface area contributed by atoms with Gasteiger partial charge in [0, 0.05) is 4.90 Å². The number of hydrogen-bond donors (Lipinski definition) is 0. The first kappa shape index (κ1) is 5.12. The Morgan fingerprint density at radius 1 is 1.44 bits per heavy atom. The number of benzene rings is 1. The Morgan fingerprint density at radius 3 is 2.67 bits per heavy atom. The molecule has 0 unspecified atom stereocenters. The van der Waals surface area contributed by atoms with Crippen molar-refractivity contribution in [3.8, 4) is 0 Å². The minimum Gasteiger partial charge on any atom is -0.0987 e. The van der Waals surface area contributed by atoms with Crippen LogP contribution in [0.25, 0.3) is 0 Å². The third kappa shape index (κ3) is 1.94. The second-order valence-electron chi connectivity index (χ2n) is 1.56. The van der Waals surface area contributed by atoms with Gasteiger partial charge in [-0.1, -0.05) is 36.5 Å². The fourth-order valence-electron chi connectivity index (χ4n) is 0.572. The molecule has 0 atom stereocenters. The summed E-state index contributed by atoms with van der Waals surface area (Å²) < 4.78 is 7.08. The fourth-order valence-corrected chi connectivity index (χ4v) is 1.03. The van der Waals surface area contributed by atoms with Gasteiger partial charge in [0.15, 0.2) is 0 Å². The molecule has 1 aromatic carbocycles. The van der Waals surface area contributed by atoms with Crippen LogP contribution in [0.1, 0.15) is 1.37 Å². The zero-order valence-corrected chi connectivity index (χ0v) is 5.82. The molecule has 0 radical (unpaired) electrons. The monoisotopic (exact) mass is 137 g/mol. The normalized spacial score (nSPS) is 10.4. The Hall–Kier alpha value is -0.690. The highest BCUT2D eigenvalue weighted by atomic mass is 32.2. The van der Waals surface area contributed by atoms with Crippen molar-refractivity contribution in [1.82, 2.24) is 0 Å². The average molecular weight is 137 g/mol. The van der Waals surface area contributed by atoms with Crippen molar-refractivity contribution in [2.45, 2.75) is 4.90 Å². The molecule has 0 aliphatic carbocycles. The van der Waals surface area contributed by atoms with Gasteiger partial charge in [0.1, 0.15) is 0 Å². The fraction of sp³-hybridized carbons (Fsp3) is 0. The topological polar surface area (TPSA) is 0 Å². The predicted octanol–water partition coefficient (Wildman–Crippen LogP) is 2.92. The van der Waals surface area contributed by atoms with E-state index in [2.05, 4.69) is 6.58 Å². The van der Waals surface area contributed by atoms with E-state index < -0.39 is 0 Å². The Labute approximate surface area is 61.0 Å². The van der Waals surface area contributed by atoms with Gasteiger partial charge in [0.2, 0.25) is 0 Å². The second-order valence-corrected chi connectivity index (χ2v) is 2.52. The van der Waals surface area contributed by atoms with Crippen LogP contribution in [-0.2, 0) is 0 Å². The molecule has 9 heavy (non-hydrogen) atoms. The Balaban J connectivity index is 2.67. The lowest BCUT2D eigenvalue weighted by Gasteiger charge is -1.90. The van der Waals surface area contributed by atoms with E-state index in [4.69, 9.17) is 1.37 Å². The predicted molar refractivity (Wildman–Crippen MR) is 42.5 cm³/mol. The molecule has 0 N–H and O–H groups in total. The van der Waals surface area contributed by atoms with Crippen LogP contribution in [-0.4, -0.2) is 0 Å². The highest BCUT2D eigenvalue weighted by Gasteiger charge is 1.82. The van der Waals surface area contributed by atoms with E-state index in [0.29, 0.717) is 5.38 Å². The largest absolute Gasteiger partial charge is 0.0987 e. The van der Waals surface area contributed by atoms with Crippen molar-refractivity contribution in [3.05, 3.63) is 42.3 Å². The smallest absolute Gasteiger partial charge is 0.0694 e. The number of hydrogen-bond acceptors (Lipinski definition) is 1. The lowest BCUT2D eigenvalue weighted by molar-refractivity contribution is 1.47. The molecule has 1 heteroatoms. The lowest BCUT2D eigenvalue weighted by Crippen LogP contribution is -1.62. The van der Waals surface area contributed by atoms with E-state index in [0.717, 1.165) is 4.90 Å². The summed E-state index contributed by atoms with van der Waals surface area (Å²) in [7, 11) is 0. The zero-order valence-electron chi connectivity index (χ0n) is 6.00. The third-order valence-electron chi connectivity index (χ3n) is 0.933. The van der Waals surface area contributed by atoms with E-state index in [-0.39, 0.29) is 0 Å². The van der Waals surface area contributed by atoms with Gasteiger partial charge in [-0.2, -0.15) is 0 Å². The van der Waals surface area contributed by atoms with Crippen LogP contribution >= 0.6 is 11.8 Å². The summed E-state index contributed by atoms with van der Waals surface area (Å²) in [6, 6.07) is 9.78. The first-order valence-corrected chi connectivity index (χ1v) is 3.49. The van der Waals surface area contributed by atoms with Crippen LogP contribution in [0.5, 0.6) is 0 Å². The van der Waals surface area contributed by atoms with Gasteiger partial charge >= 0.3 is 0 Å². The minimum absolute atomic E-state index is 0.381. The zero-order chi connectivity index (χ0) is 7.40. The van der Waals surface area contributed by atoms with Crippen molar-refractivity contribution in [2.24, 2.45) is 0 Å². The standard InChI is InChI=1S/C8H8S/c1-2-9-8-6-4-3-5-7-8/h2-7H,1H2/i2D. The SMILES string of the molecule is [2H]C(=C)Sc1ccccc1. The van der Waals surface area contributed by atoms with E-state index in [1.54, 1.807) is 0 Å². The molecule has 46 valence electrons. The molecule has 0 saturated heterocycles. The van der Waals surface area contributed by atoms with Crippen molar-refractivity contribution >= 4 is 11.8 Å². The third-order valence-corrected chi connectivity index (χ3v) is 1.59. The molecule has 0 saturated carbocycles. The summed E-state index contributed by atoms with van der Waals surface area (Å²) in [6.07, 6.45) is 0.